The molecule has 12 heavy (non-hydrogen) atoms. The molecule has 1 aromatic rings. The summed E-state index contributed by atoms with van der Waals surface area (Å²) >= 11 is 6.02. The molecule has 1 fully saturated rings. The molecule has 4 heteroatoms. The van der Waals surface area contributed by atoms with Crippen LogP contribution in [0.25, 0.3) is 0 Å². The maximum absolute atomic E-state index is 6.02. The maximum Gasteiger partial charge on any atom is 0.0844 e. The first-order valence-electron chi connectivity index (χ1n) is 4.12. The second-order valence-corrected chi connectivity index (χ2v) is 3.62. The zero-order valence-corrected chi connectivity index (χ0v) is 8.02. The number of nitrogens with zero attached hydrogens (tertiary/aromatic N) is 2. The number of hydrogen-bond donors (Lipinski definition) is 1. The van der Waals surface area contributed by atoms with Crippen molar-refractivity contribution in [3.8, 4) is 0 Å². The summed E-state index contributed by atoms with van der Waals surface area (Å²) in [5, 5.41) is 8.40. The minimum absolute atomic E-state index is 0.510. The summed E-state index contributed by atoms with van der Waals surface area (Å²) in [6.45, 7) is 5.98. The molecule has 1 aliphatic heterocycles. The molecule has 2 heterocycles. The molecular formula is C8H12ClN3. The number of nitrogens with one attached hydrogen (secondary N) is 1. The first-order valence-corrected chi connectivity index (χ1v) is 4.50. The van der Waals surface area contributed by atoms with Crippen LogP contribution in [0, 0.1) is 13.8 Å². The number of halogens is 1. The summed E-state index contributed by atoms with van der Waals surface area (Å²) in [6, 6.07) is 0.510. The van der Waals surface area contributed by atoms with Gasteiger partial charge in [-0.3, -0.25) is 4.68 Å². The molecule has 0 saturated carbocycles. The predicted molar refractivity (Wildman–Crippen MR) is 48.6 cm³/mol. The van der Waals surface area contributed by atoms with E-state index in [1.807, 2.05) is 18.5 Å². The highest BCUT2D eigenvalue weighted by Crippen LogP contribution is 2.23. The lowest BCUT2D eigenvalue weighted by molar-refractivity contribution is 0.312. The minimum Gasteiger partial charge on any atom is -0.312 e. The third-order valence-electron chi connectivity index (χ3n) is 2.34. The van der Waals surface area contributed by atoms with E-state index in [2.05, 4.69) is 10.4 Å². The summed E-state index contributed by atoms with van der Waals surface area (Å²) in [7, 11) is 0. The average Bonchev–Trinajstić information content (AvgIpc) is 2.15. The van der Waals surface area contributed by atoms with Crippen molar-refractivity contribution in [2.45, 2.75) is 19.9 Å². The quantitative estimate of drug-likeness (QED) is 0.715. The Morgan fingerprint density at radius 1 is 1.50 bits per heavy atom. The predicted octanol–water partition coefficient (Wildman–Crippen LogP) is 1.30. The summed E-state index contributed by atoms with van der Waals surface area (Å²) in [5.41, 5.74) is 2.02. The molecular weight excluding hydrogens is 174 g/mol. The van der Waals surface area contributed by atoms with Gasteiger partial charge < -0.3 is 5.32 Å². The number of aromatic nitrogens is 2. The van der Waals surface area contributed by atoms with E-state index in [1.54, 1.807) is 0 Å². The average molecular weight is 186 g/mol. The summed E-state index contributed by atoms with van der Waals surface area (Å²) in [5.74, 6) is 0. The molecule has 0 aliphatic carbocycles. The molecule has 2 rings (SSSR count). The molecule has 0 bridgehead atoms. The van der Waals surface area contributed by atoms with Gasteiger partial charge in [-0.05, 0) is 13.8 Å². The third-order valence-corrected chi connectivity index (χ3v) is 2.89. The smallest absolute Gasteiger partial charge is 0.0844 e. The van der Waals surface area contributed by atoms with Gasteiger partial charge in [-0.25, -0.2) is 0 Å². The minimum atomic E-state index is 0.510. The van der Waals surface area contributed by atoms with Crippen molar-refractivity contribution in [3.05, 3.63) is 16.4 Å². The fraction of sp³-hybridized carbons (Fsp3) is 0.625. The Bertz CT molecular complexity index is 301. The van der Waals surface area contributed by atoms with Crippen molar-refractivity contribution in [2.75, 3.05) is 13.1 Å². The molecule has 0 spiro atoms. The van der Waals surface area contributed by atoms with Crippen LogP contribution in [-0.2, 0) is 0 Å². The molecule has 1 saturated heterocycles. The van der Waals surface area contributed by atoms with Crippen LogP contribution < -0.4 is 5.32 Å². The van der Waals surface area contributed by atoms with Crippen LogP contribution in [0.15, 0.2) is 0 Å². The second kappa shape index (κ2) is 2.75. The third kappa shape index (κ3) is 1.04. The highest BCUT2D eigenvalue weighted by atomic mass is 35.5. The van der Waals surface area contributed by atoms with Gasteiger partial charge in [0.25, 0.3) is 0 Å². The van der Waals surface area contributed by atoms with Crippen molar-refractivity contribution in [3.63, 3.8) is 0 Å². The van der Waals surface area contributed by atoms with E-state index >= 15 is 0 Å². The first kappa shape index (κ1) is 8.08. The Balaban J connectivity index is 2.36. The van der Waals surface area contributed by atoms with Crippen molar-refractivity contribution in [1.82, 2.24) is 15.1 Å². The van der Waals surface area contributed by atoms with Crippen molar-refractivity contribution in [2.24, 2.45) is 0 Å². The Morgan fingerprint density at radius 3 is 2.50 bits per heavy atom. The maximum atomic E-state index is 6.02. The van der Waals surface area contributed by atoms with Crippen molar-refractivity contribution < 1.29 is 0 Å². The zero-order chi connectivity index (χ0) is 8.72. The Morgan fingerprint density at radius 2 is 2.17 bits per heavy atom. The standard InChI is InChI=1S/C8H12ClN3/c1-5-8(9)6(2)12(11-5)7-3-10-4-7/h7,10H,3-4H2,1-2H3. The summed E-state index contributed by atoms with van der Waals surface area (Å²) in [4.78, 5) is 0. The van der Waals surface area contributed by atoms with Gasteiger partial charge in [0.05, 0.1) is 22.5 Å². The van der Waals surface area contributed by atoms with E-state index in [9.17, 15) is 0 Å². The van der Waals surface area contributed by atoms with E-state index in [-0.39, 0.29) is 0 Å². The molecule has 0 aromatic carbocycles. The fourth-order valence-corrected chi connectivity index (χ4v) is 1.57. The van der Waals surface area contributed by atoms with E-state index in [1.165, 1.54) is 0 Å². The second-order valence-electron chi connectivity index (χ2n) is 3.24. The van der Waals surface area contributed by atoms with Gasteiger partial charge in [0.2, 0.25) is 0 Å². The first-order chi connectivity index (χ1) is 5.70. The topological polar surface area (TPSA) is 29.9 Å². The van der Waals surface area contributed by atoms with Gasteiger partial charge in [0.1, 0.15) is 0 Å². The van der Waals surface area contributed by atoms with Crippen molar-refractivity contribution in [1.29, 1.82) is 0 Å². The molecule has 0 unspecified atom stereocenters. The van der Waals surface area contributed by atoms with E-state index in [0.717, 1.165) is 29.5 Å². The lowest BCUT2D eigenvalue weighted by Gasteiger charge is -2.28. The monoisotopic (exact) mass is 185 g/mol. The molecule has 3 nitrogen and oxygen atoms in total. The Hall–Kier alpha value is -0.540. The lowest BCUT2D eigenvalue weighted by Crippen LogP contribution is -2.44. The van der Waals surface area contributed by atoms with Gasteiger partial charge in [-0.1, -0.05) is 11.6 Å². The number of hydrogen-bond acceptors (Lipinski definition) is 2. The highest BCUT2D eigenvalue weighted by Gasteiger charge is 2.22. The van der Waals surface area contributed by atoms with Crippen LogP contribution in [0.3, 0.4) is 0 Å². The molecule has 1 N–H and O–H groups in total. The largest absolute Gasteiger partial charge is 0.312 e. The number of aryl methyl sites for hydroxylation is 1. The molecule has 1 aliphatic rings. The summed E-state index contributed by atoms with van der Waals surface area (Å²) in [6.07, 6.45) is 0. The fourth-order valence-electron chi connectivity index (χ4n) is 1.44. The Labute approximate surface area is 76.7 Å². The van der Waals surface area contributed by atoms with Gasteiger partial charge in [0, 0.05) is 13.1 Å². The van der Waals surface area contributed by atoms with Crippen molar-refractivity contribution >= 4 is 11.6 Å². The van der Waals surface area contributed by atoms with E-state index < -0.39 is 0 Å². The molecule has 66 valence electrons. The van der Waals surface area contributed by atoms with Crippen LogP contribution in [0.2, 0.25) is 5.02 Å². The Kier molecular flexibility index (Phi) is 1.85. The van der Waals surface area contributed by atoms with Crippen LogP contribution in [0.5, 0.6) is 0 Å². The molecule has 0 atom stereocenters. The van der Waals surface area contributed by atoms with Crippen LogP contribution in [0.1, 0.15) is 17.4 Å². The summed E-state index contributed by atoms with van der Waals surface area (Å²) < 4.78 is 2.02. The van der Waals surface area contributed by atoms with E-state index in [0.29, 0.717) is 6.04 Å². The van der Waals surface area contributed by atoms with Gasteiger partial charge >= 0.3 is 0 Å². The normalized spacial score (nSPS) is 17.9. The van der Waals surface area contributed by atoms with Crippen LogP contribution in [-0.4, -0.2) is 22.9 Å². The van der Waals surface area contributed by atoms with Crippen LogP contribution in [0.4, 0.5) is 0 Å². The number of rotatable bonds is 1. The highest BCUT2D eigenvalue weighted by molar-refractivity contribution is 6.31. The van der Waals surface area contributed by atoms with Gasteiger partial charge in [-0.15, -0.1) is 0 Å². The zero-order valence-electron chi connectivity index (χ0n) is 7.26. The molecule has 1 aromatic heterocycles. The van der Waals surface area contributed by atoms with E-state index in [4.69, 9.17) is 11.6 Å². The van der Waals surface area contributed by atoms with Gasteiger partial charge in [-0.2, -0.15) is 5.10 Å². The van der Waals surface area contributed by atoms with Crippen LogP contribution >= 0.6 is 11.6 Å². The lowest BCUT2D eigenvalue weighted by atomic mass is 10.2. The molecule has 0 amide bonds. The molecule has 0 radical (unpaired) electrons. The van der Waals surface area contributed by atoms with Gasteiger partial charge in [0.15, 0.2) is 0 Å². The SMILES string of the molecule is Cc1nn(C2CNC2)c(C)c1Cl.